The largest absolute Gasteiger partial charge is 0.496 e. The Balaban J connectivity index is 1.64. The van der Waals surface area contributed by atoms with Crippen LogP contribution in [0.5, 0.6) is 5.75 Å². The van der Waals surface area contributed by atoms with Crippen LogP contribution in [0.3, 0.4) is 0 Å². The second-order valence-electron chi connectivity index (χ2n) is 7.12. The SMILES string of the molecule is COc1ccccc1-c1nc(NC(=O)c2nn(-c3cccc(C(F)(F)F)c3)c(C)cc2=O)n[nH]1. The van der Waals surface area contributed by atoms with E-state index in [2.05, 4.69) is 25.6 Å². The lowest BCUT2D eigenvalue weighted by atomic mass is 10.2. The number of anilines is 1. The van der Waals surface area contributed by atoms with Gasteiger partial charge in [0.25, 0.3) is 5.91 Å². The molecule has 0 bridgehead atoms. The average molecular weight is 470 g/mol. The van der Waals surface area contributed by atoms with Crippen LogP contribution in [0, 0.1) is 6.92 Å². The van der Waals surface area contributed by atoms with Crippen LogP contribution < -0.4 is 15.5 Å². The molecule has 174 valence electrons. The minimum absolute atomic E-state index is 0.0396. The summed E-state index contributed by atoms with van der Waals surface area (Å²) in [5, 5.41) is 12.9. The fourth-order valence-electron chi connectivity index (χ4n) is 3.22. The molecule has 12 heteroatoms. The van der Waals surface area contributed by atoms with E-state index in [1.807, 2.05) is 0 Å². The molecule has 2 N–H and O–H groups in total. The summed E-state index contributed by atoms with van der Waals surface area (Å²) in [5.41, 5.74) is -1.25. The van der Waals surface area contributed by atoms with E-state index in [1.165, 1.54) is 26.2 Å². The number of halogens is 3. The predicted molar refractivity (Wildman–Crippen MR) is 116 cm³/mol. The molecule has 0 unspecified atom stereocenters. The maximum Gasteiger partial charge on any atom is 0.416 e. The number of ether oxygens (including phenoxy) is 1. The smallest absolute Gasteiger partial charge is 0.416 e. The van der Waals surface area contributed by atoms with Gasteiger partial charge in [0.1, 0.15) is 5.75 Å². The third-order valence-electron chi connectivity index (χ3n) is 4.81. The van der Waals surface area contributed by atoms with Crippen molar-refractivity contribution in [2.75, 3.05) is 12.4 Å². The molecule has 0 aliphatic carbocycles. The quantitative estimate of drug-likeness (QED) is 0.461. The number of benzene rings is 2. The van der Waals surface area contributed by atoms with E-state index in [-0.39, 0.29) is 17.3 Å². The molecule has 0 saturated heterocycles. The molecule has 0 spiro atoms. The zero-order valence-corrected chi connectivity index (χ0v) is 17.8. The Labute approximate surface area is 190 Å². The summed E-state index contributed by atoms with van der Waals surface area (Å²) in [6, 6.07) is 12.5. The molecule has 0 aliphatic heterocycles. The van der Waals surface area contributed by atoms with Gasteiger partial charge in [0, 0.05) is 11.8 Å². The monoisotopic (exact) mass is 470 g/mol. The second kappa shape index (κ2) is 8.81. The van der Waals surface area contributed by atoms with Crippen LogP contribution in [0.15, 0.2) is 59.4 Å². The zero-order valence-electron chi connectivity index (χ0n) is 17.8. The number of carbonyl (C=O) groups is 1. The molecule has 2 heterocycles. The highest BCUT2D eigenvalue weighted by atomic mass is 19.4. The Morgan fingerprint density at radius 3 is 2.62 bits per heavy atom. The first-order valence-electron chi connectivity index (χ1n) is 9.83. The van der Waals surface area contributed by atoms with E-state index in [9.17, 15) is 22.8 Å². The molecule has 34 heavy (non-hydrogen) atoms. The summed E-state index contributed by atoms with van der Waals surface area (Å²) in [6.45, 7) is 1.49. The molecule has 1 amide bonds. The number of hydrogen-bond donors (Lipinski definition) is 2. The number of nitrogens with zero attached hydrogens (tertiary/aromatic N) is 4. The molecule has 2 aromatic heterocycles. The van der Waals surface area contributed by atoms with Crippen LogP contribution >= 0.6 is 0 Å². The molecular formula is C22H17F3N6O3. The third kappa shape index (κ3) is 4.51. The lowest BCUT2D eigenvalue weighted by Gasteiger charge is -2.13. The Kier molecular flexibility index (Phi) is 5.88. The molecule has 0 saturated carbocycles. The number of rotatable bonds is 5. The number of carbonyl (C=O) groups excluding carboxylic acids is 1. The van der Waals surface area contributed by atoms with E-state index in [0.29, 0.717) is 17.1 Å². The van der Waals surface area contributed by atoms with Crippen LogP contribution in [0.1, 0.15) is 21.7 Å². The lowest BCUT2D eigenvalue weighted by Crippen LogP contribution is -2.27. The van der Waals surface area contributed by atoms with E-state index in [0.717, 1.165) is 22.9 Å². The van der Waals surface area contributed by atoms with Crippen molar-refractivity contribution in [3.05, 3.63) is 81.8 Å². The summed E-state index contributed by atoms with van der Waals surface area (Å²) in [5.74, 6) is -0.207. The topological polar surface area (TPSA) is 115 Å². The van der Waals surface area contributed by atoms with Crippen molar-refractivity contribution < 1.29 is 22.7 Å². The van der Waals surface area contributed by atoms with Crippen molar-refractivity contribution in [3.8, 4) is 22.8 Å². The Hall–Kier alpha value is -4.48. The van der Waals surface area contributed by atoms with Gasteiger partial charge in [-0.15, -0.1) is 5.10 Å². The van der Waals surface area contributed by atoms with E-state index >= 15 is 0 Å². The fourth-order valence-corrected chi connectivity index (χ4v) is 3.22. The highest BCUT2D eigenvalue weighted by Crippen LogP contribution is 2.30. The first-order valence-corrected chi connectivity index (χ1v) is 9.83. The molecule has 4 rings (SSSR count). The van der Waals surface area contributed by atoms with Crippen LogP contribution in [0.2, 0.25) is 0 Å². The number of hydrogen-bond acceptors (Lipinski definition) is 6. The van der Waals surface area contributed by atoms with Gasteiger partial charge in [-0.2, -0.15) is 23.3 Å². The standard InChI is InChI=1S/C22H17F3N6O3/c1-12-10-16(32)18(30-31(12)14-7-5-6-13(11-14)22(23,24)25)20(33)27-21-26-19(28-29-21)15-8-3-4-9-17(15)34-2/h3-11H,1-2H3,(H2,26,27,28,29,33). The molecule has 0 aliphatic rings. The second-order valence-corrected chi connectivity index (χ2v) is 7.12. The molecule has 0 radical (unpaired) electrons. The van der Waals surface area contributed by atoms with Crippen LogP contribution in [-0.4, -0.2) is 38.0 Å². The van der Waals surface area contributed by atoms with Gasteiger partial charge in [0.05, 0.1) is 23.9 Å². The molecule has 0 atom stereocenters. The number of nitrogens with one attached hydrogen (secondary N) is 2. The van der Waals surface area contributed by atoms with Gasteiger partial charge in [0.2, 0.25) is 11.4 Å². The molecule has 9 nitrogen and oxygen atoms in total. The van der Waals surface area contributed by atoms with Crippen molar-refractivity contribution in [3.63, 3.8) is 0 Å². The number of H-pyrrole nitrogens is 1. The van der Waals surface area contributed by atoms with Crippen molar-refractivity contribution in [1.29, 1.82) is 0 Å². The number of aromatic amines is 1. The van der Waals surface area contributed by atoms with E-state index in [1.54, 1.807) is 24.3 Å². The van der Waals surface area contributed by atoms with Gasteiger partial charge < -0.3 is 4.74 Å². The number of alkyl halides is 3. The molecule has 4 aromatic rings. The maximum absolute atomic E-state index is 13.1. The summed E-state index contributed by atoms with van der Waals surface area (Å²) in [6.07, 6.45) is -4.56. The number of aromatic nitrogens is 5. The van der Waals surface area contributed by atoms with Gasteiger partial charge in [-0.1, -0.05) is 18.2 Å². The van der Waals surface area contributed by atoms with Crippen LogP contribution in [0.25, 0.3) is 17.1 Å². The van der Waals surface area contributed by atoms with Gasteiger partial charge in [-0.05, 0) is 37.3 Å². The first kappa shape index (κ1) is 22.7. The van der Waals surface area contributed by atoms with E-state index in [4.69, 9.17) is 4.74 Å². The summed E-state index contributed by atoms with van der Waals surface area (Å²) in [7, 11) is 1.50. The highest BCUT2D eigenvalue weighted by molar-refractivity contribution is 6.01. The normalized spacial score (nSPS) is 11.3. The molecule has 2 aromatic carbocycles. The maximum atomic E-state index is 13.1. The van der Waals surface area contributed by atoms with Crippen molar-refractivity contribution in [2.45, 2.75) is 13.1 Å². The summed E-state index contributed by atoms with van der Waals surface area (Å²) in [4.78, 5) is 29.3. The van der Waals surface area contributed by atoms with Gasteiger partial charge in [-0.25, -0.2) is 4.68 Å². The van der Waals surface area contributed by atoms with Crippen LogP contribution in [-0.2, 0) is 6.18 Å². The van der Waals surface area contributed by atoms with Crippen molar-refractivity contribution >= 4 is 11.9 Å². The van der Waals surface area contributed by atoms with Gasteiger partial charge in [-0.3, -0.25) is 20.0 Å². The number of amides is 1. The number of methoxy groups -OCH3 is 1. The Morgan fingerprint density at radius 1 is 1.12 bits per heavy atom. The van der Waals surface area contributed by atoms with Crippen molar-refractivity contribution in [2.24, 2.45) is 0 Å². The average Bonchev–Trinajstić information content (AvgIpc) is 3.26. The third-order valence-corrected chi connectivity index (χ3v) is 4.81. The van der Waals surface area contributed by atoms with E-state index < -0.39 is 28.8 Å². The first-order chi connectivity index (χ1) is 16.2. The van der Waals surface area contributed by atoms with Gasteiger partial charge >= 0.3 is 6.18 Å². The Bertz CT molecular complexity index is 1430. The summed E-state index contributed by atoms with van der Waals surface area (Å²) >= 11 is 0. The number of aryl methyl sites for hydroxylation is 1. The van der Waals surface area contributed by atoms with Crippen LogP contribution in [0.4, 0.5) is 19.1 Å². The fraction of sp³-hybridized carbons (Fsp3) is 0.136. The minimum Gasteiger partial charge on any atom is -0.496 e. The zero-order chi connectivity index (χ0) is 24.5. The highest BCUT2D eigenvalue weighted by Gasteiger charge is 2.30. The summed E-state index contributed by atoms with van der Waals surface area (Å²) < 4.78 is 45.7. The lowest BCUT2D eigenvalue weighted by molar-refractivity contribution is -0.137. The molecule has 0 fully saturated rings. The van der Waals surface area contributed by atoms with Crippen molar-refractivity contribution in [1.82, 2.24) is 25.0 Å². The number of para-hydroxylation sites is 1. The molecular weight excluding hydrogens is 453 g/mol. The minimum atomic E-state index is -4.56. The Morgan fingerprint density at radius 2 is 1.88 bits per heavy atom. The van der Waals surface area contributed by atoms with Gasteiger partial charge in [0.15, 0.2) is 11.5 Å². The predicted octanol–water partition coefficient (Wildman–Crippen LogP) is 3.61.